The highest BCUT2D eigenvalue weighted by Gasteiger charge is 2.41. The van der Waals surface area contributed by atoms with E-state index in [0.29, 0.717) is 18.0 Å². The summed E-state index contributed by atoms with van der Waals surface area (Å²) in [5, 5.41) is 26.0. The molecule has 2 aromatic rings. The lowest BCUT2D eigenvalue weighted by Gasteiger charge is -2.37. The van der Waals surface area contributed by atoms with E-state index in [1.54, 1.807) is 12.1 Å². The van der Waals surface area contributed by atoms with Gasteiger partial charge in [0.2, 0.25) is 0 Å². The molecule has 28 heavy (non-hydrogen) atoms. The molecular formula is C20H19N3O5. The van der Waals surface area contributed by atoms with Crippen LogP contribution in [0.1, 0.15) is 36.4 Å². The Morgan fingerprint density at radius 3 is 2.54 bits per heavy atom. The topological polar surface area (TPSA) is 108 Å². The lowest BCUT2D eigenvalue weighted by Crippen LogP contribution is -2.29. The molecule has 2 aliphatic rings. The van der Waals surface area contributed by atoms with Gasteiger partial charge >= 0.3 is 0 Å². The second-order valence-corrected chi connectivity index (χ2v) is 6.92. The SMILES string of the molecule is CCOc1cc2c(c([N+](=O)[O-])c1)NC(c1ccc([N+](=O)[O-])cc1)C1CC=CC21. The van der Waals surface area contributed by atoms with Crippen LogP contribution in [0.25, 0.3) is 0 Å². The van der Waals surface area contributed by atoms with Gasteiger partial charge in [0.05, 0.1) is 28.6 Å². The van der Waals surface area contributed by atoms with Crippen LogP contribution in [0.5, 0.6) is 5.75 Å². The van der Waals surface area contributed by atoms with Gasteiger partial charge in [-0.1, -0.05) is 24.3 Å². The van der Waals surface area contributed by atoms with Crippen molar-refractivity contribution < 1.29 is 14.6 Å². The Hall–Kier alpha value is -3.42. The maximum atomic E-state index is 11.7. The van der Waals surface area contributed by atoms with Gasteiger partial charge in [-0.15, -0.1) is 0 Å². The molecule has 4 rings (SSSR count). The van der Waals surface area contributed by atoms with E-state index in [0.717, 1.165) is 17.5 Å². The number of anilines is 1. The largest absolute Gasteiger partial charge is 0.494 e. The van der Waals surface area contributed by atoms with Gasteiger partial charge in [-0.2, -0.15) is 0 Å². The molecule has 8 nitrogen and oxygen atoms in total. The molecule has 3 unspecified atom stereocenters. The first kappa shape index (κ1) is 18.0. The average Bonchev–Trinajstić information content (AvgIpc) is 3.17. The molecule has 3 atom stereocenters. The summed E-state index contributed by atoms with van der Waals surface area (Å²) in [4.78, 5) is 21.8. The second-order valence-electron chi connectivity index (χ2n) is 6.92. The molecule has 2 aromatic carbocycles. The zero-order valence-electron chi connectivity index (χ0n) is 15.2. The summed E-state index contributed by atoms with van der Waals surface area (Å²) in [5.74, 6) is 0.684. The first-order chi connectivity index (χ1) is 13.5. The van der Waals surface area contributed by atoms with Crippen LogP contribution >= 0.6 is 0 Å². The van der Waals surface area contributed by atoms with Gasteiger partial charge in [-0.05, 0) is 36.5 Å². The maximum Gasteiger partial charge on any atom is 0.296 e. The summed E-state index contributed by atoms with van der Waals surface area (Å²) >= 11 is 0. The summed E-state index contributed by atoms with van der Waals surface area (Å²) in [6, 6.07) is 9.52. The summed E-state index contributed by atoms with van der Waals surface area (Å²) in [6.45, 7) is 2.27. The molecule has 0 aromatic heterocycles. The van der Waals surface area contributed by atoms with Crippen molar-refractivity contribution in [1.82, 2.24) is 0 Å². The highest BCUT2D eigenvalue weighted by atomic mass is 16.6. The summed E-state index contributed by atoms with van der Waals surface area (Å²) in [5.41, 5.74) is 2.22. The van der Waals surface area contributed by atoms with Crippen molar-refractivity contribution in [3.05, 3.63) is 79.9 Å². The van der Waals surface area contributed by atoms with Crippen LogP contribution in [-0.4, -0.2) is 16.5 Å². The number of hydrogen-bond acceptors (Lipinski definition) is 6. The van der Waals surface area contributed by atoms with Crippen LogP contribution in [0.15, 0.2) is 48.6 Å². The number of nitrogens with zero attached hydrogens (tertiary/aromatic N) is 2. The lowest BCUT2D eigenvalue weighted by atomic mass is 9.76. The number of non-ortho nitro benzene ring substituents is 1. The number of fused-ring (bicyclic) bond motifs is 3. The van der Waals surface area contributed by atoms with Gasteiger partial charge < -0.3 is 10.1 Å². The van der Waals surface area contributed by atoms with E-state index in [1.165, 1.54) is 18.2 Å². The maximum absolute atomic E-state index is 11.7. The third-order valence-electron chi connectivity index (χ3n) is 5.39. The normalized spacial score (nSPS) is 22.1. The van der Waals surface area contributed by atoms with Gasteiger partial charge in [0.15, 0.2) is 0 Å². The van der Waals surface area contributed by atoms with E-state index in [-0.39, 0.29) is 29.3 Å². The molecule has 144 valence electrons. The number of nitro benzene ring substituents is 2. The number of allylic oxidation sites excluding steroid dienone is 2. The van der Waals surface area contributed by atoms with Gasteiger partial charge in [0.25, 0.3) is 11.4 Å². The Bertz CT molecular complexity index is 971. The number of nitrogens with one attached hydrogen (secondary N) is 1. The monoisotopic (exact) mass is 381 g/mol. The van der Waals surface area contributed by atoms with Gasteiger partial charge in [-0.3, -0.25) is 20.2 Å². The Morgan fingerprint density at radius 1 is 1.14 bits per heavy atom. The Kier molecular flexibility index (Phi) is 4.46. The van der Waals surface area contributed by atoms with Crippen LogP contribution < -0.4 is 10.1 Å². The van der Waals surface area contributed by atoms with Crippen LogP contribution in [-0.2, 0) is 0 Å². The predicted octanol–water partition coefficient (Wildman–Crippen LogP) is 4.73. The molecule has 0 amide bonds. The van der Waals surface area contributed by atoms with Crippen molar-refractivity contribution in [3.8, 4) is 5.75 Å². The van der Waals surface area contributed by atoms with Crippen LogP contribution in [0.3, 0.4) is 0 Å². The molecule has 0 saturated carbocycles. The minimum absolute atomic E-state index is 0.0217. The highest BCUT2D eigenvalue weighted by Crippen LogP contribution is 2.53. The third-order valence-corrected chi connectivity index (χ3v) is 5.39. The van der Waals surface area contributed by atoms with E-state index >= 15 is 0 Å². The minimum Gasteiger partial charge on any atom is -0.494 e. The quantitative estimate of drug-likeness (QED) is 0.456. The lowest BCUT2D eigenvalue weighted by molar-refractivity contribution is -0.384. The number of ether oxygens (including phenoxy) is 1. The number of benzene rings is 2. The first-order valence-electron chi connectivity index (χ1n) is 9.12. The second kappa shape index (κ2) is 6.95. The zero-order chi connectivity index (χ0) is 19.8. The number of rotatable bonds is 5. The summed E-state index contributed by atoms with van der Waals surface area (Å²) < 4.78 is 5.54. The minimum atomic E-state index is -0.437. The van der Waals surface area contributed by atoms with Crippen LogP contribution in [0.2, 0.25) is 0 Å². The zero-order valence-corrected chi connectivity index (χ0v) is 15.2. The summed E-state index contributed by atoms with van der Waals surface area (Å²) in [6.07, 6.45) is 5.00. The fourth-order valence-electron chi connectivity index (χ4n) is 4.18. The first-order valence-corrected chi connectivity index (χ1v) is 9.12. The molecule has 0 saturated heterocycles. The third kappa shape index (κ3) is 2.96. The summed E-state index contributed by atoms with van der Waals surface area (Å²) in [7, 11) is 0. The standard InChI is InChI=1S/C20H19N3O5/c1-2-28-14-10-17-15-4-3-5-16(15)19(21-20(17)18(11-14)23(26)27)12-6-8-13(9-7-12)22(24)25/h3-4,6-11,15-16,19,21H,2,5H2,1H3. The van der Waals surface area contributed by atoms with E-state index in [4.69, 9.17) is 4.74 Å². The molecule has 1 N–H and O–H groups in total. The molecule has 1 aliphatic heterocycles. The van der Waals surface area contributed by atoms with Gasteiger partial charge in [0, 0.05) is 18.1 Å². The van der Waals surface area contributed by atoms with Gasteiger partial charge in [-0.25, -0.2) is 0 Å². The van der Waals surface area contributed by atoms with Crippen molar-refractivity contribution in [1.29, 1.82) is 0 Å². The Balaban J connectivity index is 1.79. The van der Waals surface area contributed by atoms with Crippen molar-refractivity contribution in [2.24, 2.45) is 5.92 Å². The van der Waals surface area contributed by atoms with E-state index in [1.807, 2.05) is 13.0 Å². The Labute approximate surface area is 161 Å². The molecule has 1 heterocycles. The number of nitro groups is 2. The smallest absolute Gasteiger partial charge is 0.296 e. The molecule has 8 heteroatoms. The van der Waals surface area contributed by atoms with Crippen LogP contribution in [0, 0.1) is 26.1 Å². The molecule has 0 radical (unpaired) electrons. The van der Waals surface area contributed by atoms with Gasteiger partial charge in [0.1, 0.15) is 11.4 Å². The van der Waals surface area contributed by atoms with Crippen molar-refractivity contribution in [2.75, 3.05) is 11.9 Å². The van der Waals surface area contributed by atoms with Crippen molar-refractivity contribution in [3.63, 3.8) is 0 Å². The number of hydrogen-bond donors (Lipinski definition) is 1. The molecule has 0 bridgehead atoms. The molecular weight excluding hydrogens is 362 g/mol. The molecule has 1 aliphatic carbocycles. The molecule has 0 fully saturated rings. The fourth-order valence-corrected chi connectivity index (χ4v) is 4.18. The van der Waals surface area contributed by atoms with Crippen molar-refractivity contribution in [2.45, 2.75) is 25.3 Å². The van der Waals surface area contributed by atoms with E-state index < -0.39 is 9.85 Å². The van der Waals surface area contributed by atoms with Crippen molar-refractivity contribution >= 4 is 17.1 Å². The Morgan fingerprint density at radius 2 is 1.89 bits per heavy atom. The average molecular weight is 381 g/mol. The molecule has 0 spiro atoms. The fraction of sp³-hybridized carbons (Fsp3) is 0.300. The van der Waals surface area contributed by atoms with E-state index in [9.17, 15) is 20.2 Å². The van der Waals surface area contributed by atoms with Crippen LogP contribution in [0.4, 0.5) is 17.1 Å². The highest BCUT2D eigenvalue weighted by molar-refractivity contribution is 5.73. The van der Waals surface area contributed by atoms with E-state index in [2.05, 4.69) is 17.5 Å². The predicted molar refractivity (Wildman–Crippen MR) is 104 cm³/mol.